The summed E-state index contributed by atoms with van der Waals surface area (Å²) in [6.07, 6.45) is 1.75. The molecule has 0 unspecified atom stereocenters. The van der Waals surface area contributed by atoms with E-state index in [1.807, 2.05) is 42.7 Å². The summed E-state index contributed by atoms with van der Waals surface area (Å²) >= 11 is 6.05. The number of aromatic nitrogens is 3. The van der Waals surface area contributed by atoms with Gasteiger partial charge in [0, 0.05) is 6.20 Å². The fraction of sp³-hybridized carbons (Fsp3) is 0.188. The minimum Gasteiger partial charge on any atom is -0.278 e. The number of fused-ring (bicyclic) bond motifs is 1. The second-order valence-corrected chi connectivity index (χ2v) is 5.15. The quantitative estimate of drug-likeness (QED) is 0.678. The number of aryl methyl sites for hydroxylation is 2. The van der Waals surface area contributed by atoms with Crippen LogP contribution < -0.4 is 0 Å². The molecule has 3 rings (SSSR count). The Morgan fingerprint density at radius 3 is 2.76 bits per heavy atom. The molecule has 0 saturated carbocycles. The molecule has 2 heterocycles. The summed E-state index contributed by atoms with van der Waals surface area (Å²) < 4.78 is 1.88. The Balaban J connectivity index is 2.43. The molecule has 0 atom stereocenters. The van der Waals surface area contributed by atoms with Crippen molar-refractivity contribution in [3.63, 3.8) is 0 Å². The summed E-state index contributed by atoms with van der Waals surface area (Å²) in [5.41, 5.74) is 4.90. The summed E-state index contributed by atoms with van der Waals surface area (Å²) in [5, 5.41) is 9.45. The summed E-state index contributed by atoms with van der Waals surface area (Å²) in [4.78, 5) is 9.00. The maximum absolute atomic E-state index is 9.45. The minimum atomic E-state index is 0.259. The van der Waals surface area contributed by atoms with Crippen LogP contribution in [0.4, 0.5) is 0 Å². The Hall–Kier alpha value is -2.38. The van der Waals surface area contributed by atoms with E-state index in [4.69, 9.17) is 11.6 Å². The third-order valence-electron chi connectivity index (χ3n) is 3.54. The molecule has 4 nitrogen and oxygen atoms in total. The molecule has 1 aromatic carbocycles. The highest BCUT2D eigenvalue weighted by atomic mass is 35.5. The molecular weight excluding hydrogens is 284 g/mol. The predicted molar refractivity (Wildman–Crippen MR) is 82.6 cm³/mol. The Kier molecular flexibility index (Phi) is 3.36. The van der Waals surface area contributed by atoms with E-state index >= 15 is 0 Å². The zero-order valence-electron chi connectivity index (χ0n) is 11.8. The molecule has 0 aliphatic rings. The van der Waals surface area contributed by atoms with E-state index in [9.17, 15) is 5.26 Å². The van der Waals surface area contributed by atoms with Crippen molar-refractivity contribution in [1.29, 1.82) is 5.26 Å². The highest BCUT2D eigenvalue weighted by molar-refractivity contribution is 6.17. The van der Waals surface area contributed by atoms with E-state index in [0.29, 0.717) is 11.4 Å². The first-order chi connectivity index (χ1) is 10.2. The number of nitrogens with zero attached hydrogens (tertiary/aromatic N) is 4. The molecule has 0 saturated heterocycles. The van der Waals surface area contributed by atoms with Crippen molar-refractivity contribution < 1.29 is 0 Å². The molecule has 0 fully saturated rings. The van der Waals surface area contributed by atoms with E-state index < -0.39 is 0 Å². The molecule has 2 aromatic heterocycles. The average molecular weight is 297 g/mol. The fourth-order valence-corrected chi connectivity index (χ4v) is 2.65. The monoisotopic (exact) mass is 296 g/mol. The van der Waals surface area contributed by atoms with Gasteiger partial charge in [0.15, 0.2) is 5.65 Å². The van der Waals surface area contributed by atoms with Gasteiger partial charge in [0.1, 0.15) is 17.4 Å². The molecule has 104 valence electrons. The Labute approximate surface area is 127 Å². The third-order valence-corrected chi connectivity index (χ3v) is 3.78. The zero-order chi connectivity index (χ0) is 15.0. The van der Waals surface area contributed by atoms with Crippen LogP contribution in [0.25, 0.3) is 16.9 Å². The number of nitriles is 1. The molecule has 21 heavy (non-hydrogen) atoms. The van der Waals surface area contributed by atoms with Crippen molar-refractivity contribution in [3.8, 4) is 11.8 Å². The van der Waals surface area contributed by atoms with Gasteiger partial charge in [-0.25, -0.2) is 9.97 Å². The van der Waals surface area contributed by atoms with Crippen molar-refractivity contribution in [2.24, 2.45) is 0 Å². The van der Waals surface area contributed by atoms with Gasteiger partial charge in [0.05, 0.1) is 17.1 Å². The highest BCUT2D eigenvalue weighted by Crippen LogP contribution is 2.26. The van der Waals surface area contributed by atoms with Crippen LogP contribution in [0.1, 0.15) is 22.5 Å². The van der Waals surface area contributed by atoms with Crippen LogP contribution in [-0.2, 0) is 5.88 Å². The Morgan fingerprint density at radius 2 is 2.05 bits per heavy atom. The molecule has 0 aliphatic heterocycles. The largest absolute Gasteiger partial charge is 0.278 e. The SMILES string of the molecule is Cc1cccc(-n2c(CCl)nc3c(C)ccnc32)c1C#N. The first-order valence-corrected chi connectivity index (χ1v) is 7.09. The molecule has 0 radical (unpaired) electrons. The number of pyridine rings is 1. The predicted octanol–water partition coefficient (Wildman–Crippen LogP) is 3.65. The Bertz CT molecular complexity index is 874. The van der Waals surface area contributed by atoms with Crippen molar-refractivity contribution in [1.82, 2.24) is 14.5 Å². The van der Waals surface area contributed by atoms with Crippen molar-refractivity contribution in [2.45, 2.75) is 19.7 Å². The van der Waals surface area contributed by atoms with E-state index in [-0.39, 0.29) is 5.88 Å². The van der Waals surface area contributed by atoms with Crippen LogP contribution in [0.5, 0.6) is 0 Å². The van der Waals surface area contributed by atoms with E-state index in [1.54, 1.807) is 6.20 Å². The van der Waals surface area contributed by atoms with Gasteiger partial charge in [-0.15, -0.1) is 11.6 Å². The number of benzene rings is 1. The van der Waals surface area contributed by atoms with Crippen LogP contribution in [0.2, 0.25) is 0 Å². The maximum Gasteiger partial charge on any atom is 0.165 e. The standard InChI is InChI=1S/C16H13ClN4/c1-10-4-3-5-13(12(10)9-18)21-14(8-17)20-15-11(2)6-7-19-16(15)21/h3-7H,8H2,1-2H3. The lowest BCUT2D eigenvalue weighted by molar-refractivity contribution is 0.964. The molecule has 0 aliphatic carbocycles. The van der Waals surface area contributed by atoms with E-state index in [2.05, 4.69) is 16.0 Å². The number of rotatable bonds is 2. The first kappa shape index (κ1) is 13.6. The van der Waals surface area contributed by atoms with Gasteiger partial charge in [-0.05, 0) is 37.1 Å². The van der Waals surface area contributed by atoms with E-state index in [1.165, 1.54) is 0 Å². The first-order valence-electron chi connectivity index (χ1n) is 6.56. The van der Waals surface area contributed by atoms with E-state index in [0.717, 1.165) is 28.0 Å². The Morgan fingerprint density at radius 1 is 1.24 bits per heavy atom. The average Bonchev–Trinajstić information content (AvgIpc) is 2.87. The molecule has 0 amide bonds. The zero-order valence-corrected chi connectivity index (χ0v) is 12.5. The smallest absolute Gasteiger partial charge is 0.165 e. The summed E-state index contributed by atoms with van der Waals surface area (Å²) in [6.45, 7) is 3.90. The van der Waals surface area contributed by atoms with Crippen LogP contribution in [-0.4, -0.2) is 14.5 Å². The van der Waals surface area contributed by atoms with Gasteiger partial charge in [-0.2, -0.15) is 5.26 Å². The van der Waals surface area contributed by atoms with Crippen LogP contribution in [0.15, 0.2) is 30.5 Å². The number of hydrogen-bond donors (Lipinski definition) is 0. The normalized spacial score (nSPS) is 10.8. The van der Waals surface area contributed by atoms with Crippen molar-refractivity contribution in [2.75, 3.05) is 0 Å². The second kappa shape index (κ2) is 5.19. The van der Waals surface area contributed by atoms with Gasteiger partial charge < -0.3 is 0 Å². The summed E-state index contributed by atoms with van der Waals surface area (Å²) in [6, 6.07) is 9.91. The fourth-order valence-electron chi connectivity index (χ4n) is 2.47. The molecule has 0 bridgehead atoms. The molecule has 5 heteroatoms. The second-order valence-electron chi connectivity index (χ2n) is 4.88. The summed E-state index contributed by atoms with van der Waals surface area (Å²) in [5.74, 6) is 0.949. The topological polar surface area (TPSA) is 54.5 Å². The van der Waals surface area contributed by atoms with Gasteiger partial charge >= 0.3 is 0 Å². The lowest BCUT2D eigenvalue weighted by Gasteiger charge is -2.10. The van der Waals surface area contributed by atoms with Crippen LogP contribution in [0.3, 0.4) is 0 Å². The van der Waals surface area contributed by atoms with Crippen LogP contribution in [0, 0.1) is 25.2 Å². The number of alkyl halides is 1. The number of halogens is 1. The molecule has 0 N–H and O–H groups in total. The third kappa shape index (κ3) is 2.07. The minimum absolute atomic E-state index is 0.259. The van der Waals surface area contributed by atoms with Crippen molar-refractivity contribution in [3.05, 3.63) is 53.0 Å². The molecule has 0 spiro atoms. The summed E-state index contributed by atoms with van der Waals surface area (Å²) in [7, 11) is 0. The van der Waals surface area contributed by atoms with Crippen LogP contribution >= 0.6 is 11.6 Å². The lowest BCUT2D eigenvalue weighted by atomic mass is 10.1. The highest BCUT2D eigenvalue weighted by Gasteiger charge is 2.17. The molecular formula is C16H13ClN4. The van der Waals surface area contributed by atoms with Crippen molar-refractivity contribution >= 4 is 22.8 Å². The van der Waals surface area contributed by atoms with Gasteiger partial charge in [0.25, 0.3) is 0 Å². The van der Waals surface area contributed by atoms with Gasteiger partial charge in [0.2, 0.25) is 0 Å². The molecule has 3 aromatic rings. The van der Waals surface area contributed by atoms with Gasteiger partial charge in [-0.3, -0.25) is 4.57 Å². The van der Waals surface area contributed by atoms with Gasteiger partial charge in [-0.1, -0.05) is 12.1 Å². The number of imidazole rings is 1. The maximum atomic E-state index is 9.45. The lowest BCUT2D eigenvalue weighted by Crippen LogP contribution is -2.04. The number of hydrogen-bond acceptors (Lipinski definition) is 3.